The summed E-state index contributed by atoms with van der Waals surface area (Å²) in [5.74, 6) is 0.419. The molecule has 0 aliphatic heterocycles. The average Bonchev–Trinajstić information content (AvgIpc) is 2.63. The van der Waals surface area contributed by atoms with Gasteiger partial charge in [-0.15, -0.1) is 0 Å². The van der Waals surface area contributed by atoms with Crippen LogP contribution in [0.5, 0.6) is 5.75 Å². The summed E-state index contributed by atoms with van der Waals surface area (Å²) in [5.41, 5.74) is 5.07. The van der Waals surface area contributed by atoms with Gasteiger partial charge in [0.2, 0.25) is 0 Å². The maximum Gasteiger partial charge on any atom is 0.271 e. The zero-order chi connectivity index (χ0) is 17.2. The lowest BCUT2D eigenvalue weighted by Crippen LogP contribution is -2.17. The number of aryl methyl sites for hydroxylation is 1. The number of aldehydes is 1. The van der Waals surface area contributed by atoms with Crippen LogP contribution in [0.25, 0.3) is 0 Å². The molecule has 0 atom stereocenters. The normalized spacial score (nSPS) is 10.5. The van der Waals surface area contributed by atoms with Crippen LogP contribution < -0.4 is 10.2 Å². The first-order chi connectivity index (χ1) is 11.7. The number of carbonyl (C=O) groups is 2. The number of methoxy groups -OCH3 is 1. The van der Waals surface area contributed by atoms with Crippen molar-refractivity contribution in [3.63, 3.8) is 0 Å². The predicted octanol–water partition coefficient (Wildman–Crippen LogP) is 2.98. The quantitative estimate of drug-likeness (QED) is 0.351. The van der Waals surface area contributed by atoms with Crippen LogP contribution in [0.15, 0.2) is 53.6 Å². The highest BCUT2D eigenvalue weighted by Gasteiger charge is 2.03. The van der Waals surface area contributed by atoms with Crippen LogP contribution in [-0.4, -0.2) is 25.5 Å². The summed E-state index contributed by atoms with van der Waals surface area (Å²) in [4.78, 5) is 22.2. The minimum absolute atomic E-state index is 0.278. The zero-order valence-corrected chi connectivity index (χ0v) is 13.6. The number of hydrogen-bond donors (Lipinski definition) is 1. The van der Waals surface area contributed by atoms with Crippen molar-refractivity contribution < 1.29 is 14.3 Å². The molecule has 24 heavy (non-hydrogen) atoms. The summed E-state index contributed by atoms with van der Waals surface area (Å²) in [6.45, 7) is 0. The van der Waals surface area contributed by atoms with Crippen LogP contribution in [-0.2, 0) is 11.2 Å². The van der Waals surface area contributed by atoms with Gasteiger partial charge in [-0.25, -0.2) is 5.43 Å². The largest absolute Gasteiger partial charge is 0.497 e. The monoisotopic (exact) mass is 324 g/mol. The van der Waals surface area contributed by atoms with Crippen molar-refractivity contribution >= 4 is 18.4 Å². The molecule has 0 spiro atoms. The van der Waals surface area contributed by atoms with E-state index in [1.54, 1.807) is 37.6 Å². The first-order valence-electron chi connectivity index (χ1n) is 7.73. The topological polar surface area (TPSA) is 67.8 Å². The Morgan fingerprint density at radius 3 is 2.46 bits per heavy atom. The van der Waals surface area contributed by atoms with Crippen molar-refractivity contribution in [3.8, 4) is 5.75 Å². The maximum absolute atomic E-state index is 11.9. The van der Waals surface area contributed by atoms with Crippen LogP contribution in [0.3, 0.4) is 0 Å². The zero-order valence-electron chi connectivity index (χ0n) is 13.6. The van der Waals surface area contributed by atoms with E-state index in [4.69, 9.17) is 4.74 Å². The van der Waals surface area contributed by atoms with Crippen molar-refractivity contribution in [1.29, 1.82) is 0 Å². The lowest BCUT2D eigenvalue weighted by atomic mass is 10.1. The van der Waals surface area contributed by atoms with Gasteiger partial charge in [-0.1, -0.05) is 24.3 Å². The van der Waals surface area contributed by atoms with E-state index in [1.165, 1.54) is 5.56 Å². The molecule has 5 heteroatoms. The molecule has 1 N–H and O–H groups in total. The number of hydrazone groups is 1. The van der Waals surface area contributed by atoms with Gasteiger partial charge >= 0.3 is 0 Å². The molecule has 2 aromatic carbocycles. The molecule has 0 saturated heterocycles. The van der Waals surface area contributed by atoms with Crippen molar-refractivity contribution in [3.05, 3.63) is 65.2 Å². The van der Waals surface area contributed by atoms with E-state index < -0.39 is 0 Å². The lowest BCUT2D eigenvalue weighted by Gasteiger charge is -2.02. The summed E-state index contributed by atoms with van der Waals surface area (Å²) < 4.78 is 5.05. The fourth-order valence-corrected chi connectivity index (χ4v) is 2.13. The Kier molecular flexibility index (Phi) is 6.71. The Bertz CT molecular complexity index is 692. The van der Waals surface area contributed by atoms with E-state index in [0.29, 0.717) is 17.7 Å². The summed E-state index contributed by atoms with van der Waals surface area (Å²) >= 11 is 0. The van der Waals surface area contributed by atoms with Crippen molar-refractivity contribution in [1.82, 2.24) is 5.43 Å². The molecule has 2 aromatic rings. The number of nitrogens with zero attached hydrogens (tertiary/aromatic N) is 1. The third-order valence-corrected chi connectivity index (χ3v) is 3.50. The molecule has 1 amide bonds. The minimum Gasteiger partial charge on any atom is -0.497 e. The molecular weight excluding hydrogens is 304 g/mol. The predicted molar refractivity (Wildman–Crippen MR) is 93.5 cm³/mol. The van der Waals surface area contributed by atoms with E-state index in [1.807, 2.05) is 24.3 Å². The van der Waals surface area contributed by atoms with Gasteiger partial charge < -0.3 is 9.53 Å². The average molecular weight is 324 g/mol. The van der Waals surface area contributed by atoms with Crippen LogP contribution in [0.4, 0.5) is 0 Å². The first-order valence-corrected chi connectivity index (χ1v) is 7.73. The van der Waals surface area contributed by atoms with Gasteiger partial charge in [-0.3, -0.25) is 4.79 Å². The molecule has 2 rings (SSSR count). The molecule has 0 aromatic heterocycles. The Hall–Kier alpha value is -2.95. The second-order valence-electron chi connectivity index (χ2n) is 5.23. The van der Waals surface area contributed by atoms with E-state index >= 15 is 0 Å². The number of amides is 1. The second kappa shape index (κ2) is 9.25. The van der Waals surface area contributed by atoms with Crippen LogP contribution in [0, 0.1) is 0 Å². The van der Waals surface area contributed by atoms with Gasteiger partial charge in [0.1, 0.15) is 12.0 Å². The van der Waals surface area contributed by atoms with Crippen molar-refractivity contribution in [2.45, 2.75) is 19.3 Å². The van der Waals surface area contributed by atoms with E-state index in [9.17, 15) is 9.59 Å². The SMILES string of the molecule is COc1ccc(C(=O)NN=Cc2ccc(CCCC=O)cc2)cc1. The molecule has 0 aliphatic carbocycles. The fourth-order valence-electron chi connectivity index (χ4n) is 2.13. The Labute approximate surface area is 141 Å². The lowest BCUT2D eigenvalue weighted by molar-refractivity contribution is -0.107. The Balaban J connectivity index is 1.86. The van der Waals surface area contributed by atoms with Crippen molar-refractivity contribution in [2.75, 3.05) is 7.11 Å². The molecular formula is C19H20N2O3. The highest BCUT2D eigenvalue weighted by atomic mass is 16.5. The van der Waals surface area contributed by atoms with E-state index in [2.05, 4.69) is 10.5 Å². The Morgan fingerprint density at radius 2 is 1.83 bits per heavy atom. The highest BCUT2D eigenvalue weighted by Crippen LogP contribution is 2.11. The fraction of sp³-hybridized carbons (Fsp3) is 0.211. The van der Waals surface area contributed by atoms with Crippen LogP contribution in [0.1, 0.15) is 34.3 Å². The molecule has 0 saturated carbocycles. The number of nitrogens with one attached hydrogen (secondary N) is 1. The van der Waals surface area contributed by atoms with Gasteiger partial charge in [-0.2, -0.15) is 5.10 Å². The molecule has 0 fully saturated rings. The third kappa shape index (κ3) is 5.35. The van der Waals surface area contributed by atoms with E-state index in [0.717, 1.165) is 24.7 Å². The van der Waals surface area contributed by atoms with Gasteiger partial charge in [0, 0.05) is 12.0 Å². The smallest absolute Gasteiger partial charge is 0.271 e. The van der Waals surface area contributed by atoms with Crippen LogP contribution >= 0.6 is 0 Å². The molecule has 5 nitrogen and oxygen atoms in total. The summed E-state index contributed by atoms with van der Waals surface area (Å²) in [6.07, 6.45) is 4.85. The number of carbonyl (C=O) groups excluding carboxylic acids is 2. The first kappa shape index (κ1) is 17.4. The Morgan fingerprint density at radius 1 is 1.12 bits per heavy atom. The minimum atomic E-state index is -0.278. The van der Waals surface area contributed by atoms with Crippen LogP contribution in [0.2, 0.25) is 0 Å². The van der Waals surface area contributed by atoms with Gasteiger partial charge in [0.05, 0.1) is 13.3 Å². The number of benzene rings is 2. The van der Waals surface area contributed by atoms with Gasteiger partial charge in [-0.05, 0) is 48.2 Å². The van der Waals surface area contributed by atoms with Crippen molar-refractivity contribution in [2.24, 2.45) is 5.10 Å². The maximum atomic E-state index is 11.9. The number of unbranched alkanes of at least 4 members (excludes halogenated alkanes) is 1. The van der Waals surface area contributed by atoms with Gasteiger partial charge in [0.25, 0.3) is 5.91 Å². The molecule has 0 heterocycles. The molecule has 0 radical (unpaired) electrons. The van der Waals surface area contributed by atoms with E-state index in [-0.39, 0.29) is 5.91 Å². The number of hydrogen-bond acceptors (Lipinski definition) is 4. The molecule has 0 aliphatic rings. The third-order valence-electron chi connectivity index (χ3n) is 3.50. The second-order valence-corrected chi connectivity index (χ2v) is 5.23. The molecule has 0 bridgehead atoms. The summed E-state index contributed by atoms with van der Waals surface area (Å²) in [6, 6.07) is 14.7. The van der Waals surface area contributed by atoms with Gasteiger partial charge in [0.15, 0.2) is 0 Å². The summed E-state index contributed by atoms with van der Waals surface area (Å²) in [7, 11) is 1.58. The standard InChI is InChI=1S/C19H20N2O3/c1-24-18-11-9-17(10-12-18)19(23)21-20-14-16-7-5-15(6-8-16)4-2-3-13-22/h5-14H,2-4H2,1H3,(H,21,23). The summed E-state index contributed by atoms with van der Waals surface area (Å²) in [5, 5.41) is 3.96. The molecule has 0 unspecified atom stereocenters. The highest BCUT2D eigenvalue weighted by molar-refractivity contribution is 5.94. The number of rotatable bonds is 8. The number of ether oxygens (including phenoxy) is 1. The molecule has 124 valence electrons.